The third-order valence-electron chi connectivity index (χ3n) is 2.81. The molecule has 0 atom stereocenters. The van der Waals surface area contributed by atoms with Crippen molar-refractivity contribution in [2.24, 2.45) is 0 Å². The molecule has 1 aromatic carbocycles. The van der Waals surface area contributed by atoms with Crippen molar-refractivity contribution in [3.8, 4) is 11.3 Å². The van der Waals surface area contributed by atoms with Gasteiger partial charge in [0.1, 0.15) is 11.5 Å². The van der Waals surface area contributed by atoms with Crippen molar-refractivity contribution in [1.82, 2.24) is 9.55 Å². The molecule has 0 aliphatic carbocycles. The molecule has 2 N–H and O–H groups in total. The zero-order valence-corrected chi connectivity index (χ0v) is 12.5. The molecule has 0 unspecified atom stereocenters. The van der Waals surface area contributed by atoms with Crippen molar-refractivity contribution in [2.45, 2.75) is 26.3 Å². The largest absolute Gasteiger partial charge is 0.383 e. The zero-order chi connectivity index (χ0) is 13.1. The van der Waals surface area contributed by atoms with Gasteiger partial charge in [0, 0.05) is 16.6 Å². The number of rotatable bonds is 4. The Bertz CT molecular complexity index is 551. The van der Waals surface area contributed by atoms with Crippen LogP contribution in [0.1, 0.15) is 19.8 Å². The smallest absolute Gasteiger partial charge is 0.131 e. The summed E-state index contributed by atoms with van der Waals surface area (Å²) in [6, 6.07) is 5.67. The molecule has 3 nitrogen and oxygen atoms in total. The Morgan fingerprint density at radius 3 is 2.94 bits per heavy atom. The van der Waals surface area contributed by atoms with Crippen LogP contribution in [0.3, 0.4) is 0 Å². The minimum Gasteiger partial charge on any atom is -0.383 e. The van der Waals surface area contributed by atoms with Crippen molar-refractivity contribution >= 4 is 33.3 Å². The molecule has 96 valence electrons. The van der Waals surface area contributed by atoms with Crippen LogP contribution in [0.5, 0.6) is 0 Å². The number of hydrogen-bond donors (Lipinski definition) is 1. The summed E-state index contributed by atoms with van der Waals surface area (Å²) in [4.78, 5) is 4.37. The summed E-state index contributed by atoms with van der Waals surface area (Å²) in [5.41, 5.74) is 7.73. The van der Waals surface area contributed by atoms with E-state index in [2.05, 4.69) is 27.8 Å². The first-order valence-corrected chi connectivity index (χ1v) is 7.06. The van der Waals surface area contributed by atoms with Gasteiger partial charge in [0.15, 0.2) is 0 Å². The maximum Gasteiger partial charge on any atom is 0.131 e. The van der Waals surface area contributed by atoms with Crippen molar-refractivity contribution in [3.63, 3.8) is 0 Å². The van der Waals surface area contributed by atoms with E-state index >= 15 is 0 Å². The molecule has 0 aliphatic heterocycles. The standard InChI is InChI=1S/C13H15BrClN3/c1-2-3-6-18-8-17-12(13(18)16)10-7-9(14)4-5-11(10)15/h4-5,7-8H,2-3,6,16H2,1H3. The Morgan fingerprint density at radius 2 is 2.22 bits per heavy atom. The lowest BCUT2D eigenvalue weighted by atomic mass is 10.1. The van der Waals surface area contributed by atoms with Crippen molar-refractivity contribution in [3.05, 3.63) is 34.0 Å². The fourth-order valence-electron chi connectivity index (χ4n) is 1.78. The molecule has 0 fully saturated rings. The van der Waals surface area contributed by atoms with Crippen LogP contribution in [0.2, 0.25) is 5.02 Å². The fraction of sp³-hybridized carbons (Fsp3) is 0.308. The quantitative estimate of drug-likeness (QED) is 0.907. The maximum atomic E-state index is 6.19. The Hall–Kier alpha value is -1.00. The molecule has 5 heteroatoms. The molecule has 0 saturated carbocycles. The molecule has 0 bridgehead atoms. The Morgan fingerprint density at radius 1 is 1.44 bits per heavy atom. The minimum atomic E-state index is 0.658. The third kappa shape index (κ3) is 2.70. The number of nitrogens with two attached hydrogens (primary N) is 1. The van der Waals surface area contributed by atoms with Gasteiger partial charge >= 0.3 is 0 Å². The van der Waals surface area contributed by atoms with Gasteiger partial charge in [-0.3, -0.25) is 0 Å². The van der Waals surface area contributed by atoms with Crippen LogP contribution >= 0.6 is 27.5 Å². The van der Waals surface area contributed by atoms with Gasteiger partial charge in [-0.25, -0.2) is 4.98 Å². The maximum absolute atomic E-state index is 6.19. The Balaban J connectivity index is 2.39. The van der Waals surface area contributed by atoms with Gasteiger partial charge in [0.2, 0.25) is 0 Å². The van der Waals surface area contributed by atoms with E-state index < -0.39 is 0 Å². The summed E-state index contributed by atoms with van der Waals surface area (Å²) in [6.07, 6.45) is 3.99. The van der Waals surface area contributed by atoms with Crippen LogP contribution in [-0.2, 0) is 6.54 Å². The van der Waals surface area contributed by atoms with Gasteiger partial charge in [-0.15, -0.1) is 0 Å². The topological polar surface area (TPSA) is 43.8 Å². The van der Waals surface area contributed by atoms with E-state index in [9.17, 15) is 0 Å². The monoisotopic (exact) mass is 327 g/mol. The highest BCUT2D eigenvalue weighted by Gasteiger charge is 2.13. The third-order valence-corrected chi connectivity index (χ3v) is 3.64. The first-order chi connectivity index (χ1) is 8.63. The SMILES string of the molecule is CCCCn1cnc(-c2cc(Br)ccc2Cl)c1N. The van der Waals surface area contributed by atoms with Gasteiger partial charge < -0.3 is 10.3 Å². The molecule has 1 heterocycles. The van der Waals surface area contributed by atoms with E-state index in [1.807, 2.05) is 22.8 Å². The highest BCUT2D eigenvalue weighted by Crippen LogP contribution is 2.33. The van der Waals surface area contributed by atoms with E-state index in [1.54, 1.807) is 6.33 Å². The second kappa shape index (κ2) is 5.76. The second-order valence-corrected chi connectivity index (χ2v) is 5.47. The number of aryl methyl sites for hydroxylation is 1. The molecule has 0 aliphatic rings. The number of benzene rings is 1. The molecular formula is C13H15BrClN3. The van der Waals surface area contributed by atoms with E-state index in [1.165, 1.54) is 0 Å². The average molecular weight is 329 g/mol. The summed E-state index contributed by atoms with van der Waals surface area (Å²) < 4.78 is 2.93. The van der Waals surface area contributed by atoms with E-state index in [0.29, 0.717) is 10.8 Å². The van der Waals surface area contributed by atoms with Crippen LogP contribution in [-0.4, -0.2) is 9.55 Å². The lowest BCUT2D eigenvalue weighted by molar-refractivity contribution is 0.637. The number of nitrogens with zero attached hydrogens (tertiary/aromatic N) is 2. The molecule has 1 aromatic heterocycles. The predicted molar refractivity (Wildman–Crippen MR) is 79.7 cm³/mol. The van der Waals surface area contributed by atoms with Gasteiger partial charge in [-0.1, -0.05) is 40.9 Å². The summed E-state index contributed by atoms with van der Waals surface area (Å²) in [5.74, 6) is 0.670. The van der Waals surface area contributed by atoms with Crippen LogP contribution in [0.15, 0.2) is 29.0 Å². The number of anilines is 1. The van der Waals surface area contributed by atoms with Gasteiger partial charge in [0.25, 0.3) is 0 Å². The number of unbranched alkanes of at least 4 members (excludes halogenated alkanes) is 1. The van der Waals surface area contributed by atoms with Gasteiger partial charge in [-0.05, 0) is 24.6 Å². The number of halogens is 2. The predicted octanol–water partition coefficient (Wildman–Crippen LogP) is 4.35. The van der Waals surface area contributed by atoms with Crippen LogP contribution in [0.4, 0.5) is 5.82 Å². The van der Waals surface area contributed by atoms with Crippen molar-refractivity contribution in [1.29, 1.82) is 0 Å². The number of imidazole rings is 1. The molecular weight excluding hydrogens is 314 g/mol. The summed E-state index contributed by atoms with van der Waals surface area (Å²) in [5, 5.41) is 0.658. The highest BCUT2D eigenvalue weighted by atomic mass is 79.9. The van der Waals surface area contributed by atoms with Crippen molar-refractivity contribution in [2.75, 3.05) is 5.73 Å². The van der Waals surface area contributed by atoms with Gasteiger partial charge in [-0.2, -0.15) is 0 Å². The summed E-state index contributed by atoms with van der Waals surface area (Å²) in [7, 11) is 0. The fourth-order valence-corrected chi connectivity index (χ4v) is 2.35. The summed E-state index contributed by atoms with van der Waals surface area (Å²) >= 11 is 9.62. The molecule has 2 rings (SSSR count). The minimum absolute atomic E-state index is 0.658. The molecule has 0 saturated heterocycles. The molecule has 2 aromatic rings. The van der Waals surface area contributed by atoms with E-state index in [-0.39, 0.29) is 0 Å². The number of nitrogen functional groups attached to an aromatic ring is 1. The summed E-state index contributed by atoms with van der Waals surface area (Å²) in [6.45, 7) is 3.04. The number of aromatic nitrogens is 2. The first-order valence-electron chi connectivity index (χ1n) is 5.89. The van der Waals surface area contributed by atoms with E-state index in [0.717, 1.165) is 35.1 Å². The lowest BCUT2D eigenvalue weighted by Crippen LogP contribution is -2.02. The zero-order valence-electron chi connectivity index (χ0n) is 10.2. The van der Waals surface area contributed by atoms with E-state index in [4.69, 9.17) is 17.3 Å². The molecule has 0 radical (unpaired) electrons. The second-order valence-electron chi connectivity index (χ2n) is 4.15. The Kier molecular flexibility index (Phi) is 4.30. The molecule has 0 amide bonds. The molecule has 18 heavy (non-hydrogen) atoms. The first kappa shape index (κ1) is 13.4. The van der Waals surface area contributed by atoms with Crippen LogP contribution in [0.25, 0.3) is 11.3 Å². The Labute approximate surface area is 120 Å². The normalized spacial score (nSPS) is 10.8. The van der Waals surface area contributed by atoms with Crippen molar-refractivity contribution < 1.29 is 0 Å². The lowest BCUT2D eigenvalue weighted by Gasteiger charge is -2.06. The highest BCUT2D eigenvalue weighted by molar-refractivity contribution is 9.10. The van der Waals surface area contributed by atoms with Gasteiger partial charge in [0.05, 0.1) is 11.3 Å². The van der Waals surface area contributed by atoms with Crippen LogP contribution in [0, 0.1) is 0 Å². The average Bonchev–Trinajstić information content (AvgIpc) is 2.71. The number of hydrogen-bond acceptors (Lipinski definition) is 2. The molecule has 0 spiro atoms. The van der Waals surface area contributed by atoms with Crippen LogP contribution < -0.4 is 5.73 Å².